The number of amides is 1. The van der Waals surface area contributed by atoms with Crippen molar-refractivity contribution in [2.45, 2.75) is 70.7 Å². The van der Waals surface area contributed by atoms with E-state index in [0.29, 0.717) is 6.54 Å². The molecule has 26 heavy (non-hydrogen) atoms. The second-order valence-corrected chi connectivity index (χ2v) is 7.38. The summed E-state index contributed by atoms with van der Waals surface area (Å²) in [4.78, 5) is 18.8. The number of nitrogens with zero attached hydrogens (tertiary/aromatic N) is 6. The number of hydrogen-bond acceptors (Lipinski definition) is 5. The molecule has 0 aromatic carbocycles. The molecule has 2 aromatic rings. The fraction of sp³-hybridized carbons (Fsp3) is 0.667. The minimum absolute atomic E-state index is 0.0784. The first-order chi connectivity index (χ1) is 12.7. The number of aromatic nitrogens is 5. The number of rotatable bonds is 5. The van der Waals surface area contributed by atoms with Crippen LogP contribution in [0.4, 0.5) is 0 Å². The molecule has 1 saturated carbocycles. The molecule has 3 heterocycles. The van der Waals surface area contributed by atoms with Crippen molar-refractivity contribution in [3.63, 3.8) is 0 Å². The molecule has 2 aliphatic rings. The maximum absolute atomic E-state index is 12.3. The second kappa shape index (κ2) is 7.57. The molecule has 140 valence electrons. The van der Waals surface area contributed by atoms with Crippen molar-refractivity contribution in [1.82, 2.24) is 34.8 Å². The Kier molecular flexibility index (Phi) is 5.01. The zero-order chi connectivity index (χ0) is 17.9. The van der Waals surface area contributed by atoms with Gasteiger partial charge in [0.2, 0.25) is 5.91 Å². The van der Waals surface area contributed by atoms with Crippen molar-refractivity contribution in [3.8, 4) is 0 Å². The van der Waals surface area contributed by atoms with E-state index in [2.05, 4.69) is 36.1 Å². The zero-order valence-corrected chi connectivity index (χ0v) is 15.3. The lowest BCUT2D eigenvalue weighted by Gasteiger charge is -2.36. The molecule has 0 spiro atoms. The topological polar surface area (TPSA) is 80.9 Å². The fourth-order valence-electron chi connectivity index (χ4n) is 4.05. The van der Waals surface area contributed by atoms with E-state index in [1.165, 1.54) is 44.1 Å². The summed E-state index contributed by atoms with van der Waals surface area (Å²) in [5.74, 6) is -0.0784. The van der Waals surface area contributed by atoms with Gasteiger partial charge in [0.1, 0.15) is 18.7 Å². The molecule has 1 fully saturated rings. The predicted molar refractivity (Wildman–Crippen MR) is 96.1 cm³/mol. The second-order valence-electron chi connectivity index (χ2n) is 7.38. The molecule has 0 bridgehead atoms. The van der Waals surface area contributed by atoms with Crippen molar-refractivity contribution in [3.05, 3.63) is 30.1 Å². The highest BCUT2D eigenvalue weighted by atomic mass is 16.2. The molecule has 1 N–H and O–H groups in total. The van der Waals surface area contributed by atoms with Gasteiger partial charge in [0.25, 0.3) is 0 Å². The summed E-state index contributed by atoms with van der Waals surface area (Å²) in [7, 11) is 0. The first-order valence-corrected chi connectivity index (χ1v) is 9.62. The molecule has 8 nitrogen and oxygen atoms in total. The van der Waals surface area contributed by atoms with E-state index in [0.717, 1.165) is 31.4 Å². The lowest BCUT2D eigenvalue weighted by atomic mass is 9.94. The molecule has 1 aliphatic carbocycles. The first kappa shape index (κ1) is 17.2. The number of carbonyl (C=O) groups excluding carboxylic acids is 1. The van der Waals surface area contributed by atoms with Crippen LogP contribution in [-0.2, 0) is 24.4 Å². The molecule has 1 aliphatic heterocycles. The Morgan fingerprint density at radius 2 is 2.15 bits per heavy atom. The first-order valence-electron chi connectivity index (χ1n) is 9.62. The lowest BCUT2D eigenvalue weighted by Crippen LogP contribution is -2.42. The van der Waals surface area contributed by atoms with Crippen LogP contribution in [0.2, 0.25) is 0 Å². The van der Waals surface area contributed by atoms with Crippen molar-refractivity contribution in [2.24, 2.45) is 0 Å². The van der Waals surface area contributed by atoms with Crippen LogP contribution in [0.3, 0.4) is 0 Å². The summed E-state index contributed by atoms with van der Waals surface area (Å²) in [6, 6.07) is 2.49. The van der Waals surface area contributed by atoms with Gasteiger partial charge in [-0.15, -0.1) is 0 Å². The van der Waals surface area contributed by atoms with E-state index in [1.54, 1.807) is 11.0 Å². The predicted octanol–water partition coefficient (Wildman–Crippen LogP) is 1.50. The molecule has 1 amide bonds. The normalized spacial score (nSPS) is 19.9. The highest BCUT2D eigenvalue weighted by molar-refractivity contribution is 5.79. The van der Waals surface area contributed by atoms with Crippen molar-refractivity contribution >= 4 is 5.91 Å². The van der Waals surface area contributed by atoms with Crippen LogP contribution in [0, 0.1) is 0 Å². The van der Waals surface area contributed by atoms with Crippen molar-refractivity contribution in [1.29, 1.82) is 0 Å². The number of nitrogens with one attached hydrogen (secondary N) is 1. The average molecular weight is 357 g/mol. The van der Waals surface area contributed by atoms with E-state index in [1.807, 2.05) is 6.92 Å². The quantitative estimate of drug-likeness (QED) is 0.877. The van der Waals surface area contributed by atoms with Crippen LogP contribution >= 0.6 is 0 Å². The Hall–Kier alpha value is -2.22. The molecule has 8 heteroatoms. The third-order valence-corrected chi connectivity index (χ3v) is 5.63. The molecule has 0 radical (unpaired) electrons. The van der Waals surface area contributed by atoms with Crippen LogP contribution in [0.1, 0.15) is 56.5 Å². The van der Waals surface area contributed by atoms with Gasteiger partial charge in [0, 0.05) is 19.1 Å². The standard InChI is InChI=1S/C18H27N7O/c1-14(25-13-19-12-21-25)18(26)20-10-15-9-17-11-23(7-8-24(17)22-15)16-5-3-2-4-6-16/h9,12-14,16H,2-8,10-11H2,1H3,(H,20,26). The van der Waals surface area contributed by atoms with Gasteiger partial charge in [-0.1, -0.05) is 19.3 Å². The smallest absolute Gasteiger partial charge is 0.244 e. The SMILES string of the molecule is CC(C(=O)NCc1cc2n(n1)CCN(C1CCCCC1)C2)n1cncn1. The largest absolute Gasteiger partial charge is 0.349 e. The van der Waals surface area contributed by atoms with E-state index in [-0.39, 0.29) is 11.9 Å². The Morgan fingerprint density at radius 3 is 2.92 bits per heavy atom. The zero-order valence-electron chi connectivity index (χ0n) is 15.3. The van der Waals surface area contributed by atoms with Crippen LogP contribution in [0.15, 0.2) is 18.7 Å². The van der Waals surface area contributed by atoms with Gasteiger partial charge >= 0.3 is 0 Å². The third kappa shape index (κ3) is 3.65. The fourth-order valence-corrected chi connectivity index (χ4v) is 4.05. The Balaban J connectivity index is 1.33. The summed E-state index contributed by atoms with van der Waals surface area (Å²) >= 11 is 0. The van der Waals surface area contributed by atoms with Crippen LogP contribution < -0.4 is 5.32 Å². The number of carbonyl (C=O) groups is 1. The van der Waals surface area contributed by atoms with Crippen LogP contribution in [0.25, 0.3) is 0 Å². The Bertz CT molecular complexity index is 733. The summed E-state index contributed by atoms with van der Waals surface area (Å²) in [6.07, 6.45) is 9.77. The van der Waals surface area contributed by atoms with E-state index < -0.39 is 0 Å². The Labute approximate surface area is 153 Å². The van der Waals surface area contributed by atoms with Crippen molar-refractivity contribution < 1.29 is 4.79 Å². The van der Waals surface area contributed by atoms with E-state index in [9.17, 15) is 4.79 Å². The molecular weight excluding hydrogens is 330 g/mol. The van der Waals surface area contributed by atoms with Gasteiger partial charge in [-0.25, -0.2) is 9.67 Å². The molecule has 0 saturated heterocycles. The van der Waals surface area contributed by atoms with Gasteiger partial charge in [0.15, 0.2) is 0 Å². The molecule has 1 atom stereocenters. The summed E-state index contributed by atoms with van der Waals surface area (Å²) in [5, 5.41) is 11.6. The molecule has 1 unspecified atom stereocenters. The maximum Gasteiger partial charge on any atom is 0.244 e. The minimum atomic E-state index is -0.378. The van der Waals surface area contributed by atoms with Crippen LogP contribution in [-0.4, -0.2) is 47.9 Å². The van der Waals surface area contributed by atoms with Gasteiger partial charge in [-0.2, -0.15) is 10.2 Å². The third-order valence-electron chi connectivity index (χ3n) is 5.63. The van der Waals surface area contributed by atoms with Gasteiger partial charge in [-0.3, -0.25) is 14.4 Å². The lowest BCUT2D eigenvalue weighted by molar-refractivity contribution is -0.124. The molecular formula is C18H27N7O. The highest BCUT2D eigenvalue weighted by Gasteiger charge is 2.26. The van der Waals surface area contributed by atoms with Crippen molar-refractivity contribution in [2.75, 3.05) is 6.54 Å². The monoisotopic (exact) mass is 357 g/mol. The van der Waals surface area contributed by atoms with Gasteiger partial charge in [-0.05, 0) is 25.8 Å². The summed E-state index contributed by atoms with van der Waals surface area (Å²) in [5.41, 5.74) is 2.18. The summed E-state index contributed by atoms with van der Waals surface area (Å²) < 4.78 is 3.65. The summed E-state index contributed by atoms with van der Waals surface area (Å²) in [6.45, 7) is 5.25. The highest BCUT2D eigenvalue weighted by Crippen LogP contribution is 2.26. The minimum Gasteiger partial charge on any atom is -0.349 e. The van der Waals surface area contributed by atoms with Gasteiger partial charge in [0.05, 0.1) is 24.5 Å². The number of hydrogen-bond donors (Lipinski definition) is 1. The van der Waals surface area contributed by atoms with E-state index in [4.69, 9.17) is 0 Å². The maximum atomic E-state index is 12.3. The molecule has 2 aromatic heterocycles. The van der Waals surface area contributed by atoms with E-state index >= 15 is 0 Å². The molecule has 4 rings (SSSR count). The van der Waals surface area contributed by atoms with Gasteiger partial charge < -0.3 is 5.32 Å². The average Bonchev–Trinajstić information content (AvgIpc) is 3.35. The van der Waals surface area contributed by atoms with Crippen LogP contribution in [0.5, 0.6) is 0 Å². The Morgan fingerprint density at radius 1 is 1.31 bits per heavy atom. The number of fused-ring (bicyclic) bond motifs is 1.